The maximum Gasteiger partial charge on any atom is 0.211 e. The lowest BCUT2D eigenvalue weighted by Crippen LogP contribution is -2.43. The van der Waals surface area contributed by atoms with E-state index < -0.39 is 38.4 Å². The fraction of sp³-hybridized carbons (Fsp3) is 0.600. The zero-order valence-corrected chi connectivity index (χ0v) is 10.0. The van der Waals surface area contributed by atoms with Gasteiger partial charge in [0, 0.05) is 23.4 Å². The van der Waals surface area contributed by atoms with E-state index in [0.717, 1.165) is 0 Å². The summed E-state index contributed by atoms with van der Waals surface area (Å²) in [6, 6.07) is 5.60. The fourth-order valence-corrected chi connectivity index (χ4v) is 2.49. The van der Waals surface area contributed by atoms with E-state index in [9.17, 15) is 5.11 Å². The third-order valence-corrected chi connectivity index (χ3v) is 3.37. The first kappa shape index (κ1) is 5.93. The molecule has 1 saturated carbocycles. The van der Waals surface area contributed by atoms with Crippen LogP contribution in [0.3, 0.4) is 0 Å². The average molecular weight is 258 g/mol. The molecule has 1 fully saturated rings. The first-order valence-electron chi connectivity index (χ1n) is 10.4. The highest BCUT2D eigenvalue weighted by molar-refractivity contribution is 5.32. The van der Waals surface area contributed by atoms with Crippen molar-refractivity contribution in [2.24, 2.45) is 5.92 Å². The monoisotopic (exact) mass is 258 g/mol. The normalized spacial score (nSPS) is 40.1. The smallest absolute Gasteiger partial charge is 0.211 e. The fourth-order valence-electron chi connectivity index (χ4n) is 2.49. The molecule has 0 radical (unpaired) electrons. The molecule has 2 atom stereocenters. The van der Waals surface area contributed by atoms with Crippen LogP contribution in [0.25, 0.3) is 0 Å². The average Bonchev–Trinajstić information content (AvgIpc) is 2.50. The zero-order chi connectivity index (χ0) is 20.7. The van der Waals surface area contributed by atoms with Gasteiger partial charge in [-0.15, -0.1) is 0 Å². The molecule has 1 aliphatic rings. The first-order chi connectivity index (χ1) is 12.3. The van der Waals surface area contributed by atoms with E-state index in [1.165, 1.54) is 24.3 Å². The van der Waals surface area contributed by atoms with Gasteiger partial charge in [-0.2, -0.15) is 0 Å². The second-order valence-electron chi connectivity index (χ2n) is 4.66. The highest BCUT2D eigenvalue weighted by Gasteiger charge is 2.40. The Bertz CT molecular complexity index is 647. The number of aromatic hydroxyl groups is 1. The largest absolute Gasteiger partial charge is 0.508 e. The van der Waals surface area contributed by atoms with Crippen LogP contribution >= 0.6 is 0 Å². The molecule has 0 aromatic heterocycles. The Morgan fingerprint density at radius 2 is 2.44 bits per heavy atom. The Balaban J connectivity index is 2.58. The van der Waals surface area contributed by atoms with E-state index in [0.29, 0.717) is 11.3 Å². The maximum atomic E-state index is 9.82. The summed E-state index contributed by atoms with van der Waals surface area (Å²) in [5.41, 5.74) is -1.75. The zero-order valence-electron chi connectivity index (χ0n) is 19.0. The molecule has 0 saturated heterocycles. The summed E-state index contributed by atoms with van der Waals surface area (Å²) in [7, 11) is 0. The first-order valence-corrected chi connectivity index (χ1v) is 5.97. The minimum atomic E-state index is -2.93. The van der Waals surface area contributed by atoms with E-state index >= 15 is 0 Å². The predicted octanol–water partition coefficient (Wildman–Crippen LogP) is 2.33. The van der Waals surface area contributed by atoms with E-state index in [1.807, 2.05) is 0 Å². The van der Waals surface area contributed by atoms with Crippen LogP contribution in [0.2, 0.25) is 0 Å². The Kier molecular flexibility index (Phi) is 1.74. The van der Waals surface area contributed by atoms with Crippen LogP contribution in [0.15, 0.2) is 24.3 Å². The third-order valence-electron chi connectivity index (χ3n) is 3.37. The molecular weight excluding hydrogens is 226 g/mol. The van der Waals surface area contributed by atoms with Crippen molar-refractivity contribution in [3.8, 4) is 5.75 Å². The summed E-state index contributed by atoms with van der Waals surface area (Å²) >= 11 is 0. The van der Waals surface area contributed by atoms with Crippen molar-refractivity contribution < 1.29 is 21.2 Å². The van der Waals surface area contributed by atoms with Crippen LogP contribution in [0.4, 0.5) is 0 Å². The number of phenols is 1. The van der Waals surface area contributed by atoms with Crippen LogP contribution in [-0.4, -0.2) is 37.0 Å². The van der Waals surface area contributed by atoms with Gasteiger partial charge in [-0.05, 0) is 44.4 Å². The molecule has 0 aliphatic heterocycles. The van der Waals surface area contributed by atoms with Gasteiger partial charge in [-0.25, -0.2) is 0 Å². The number of hydrogen-bond donors (Lipinski definition) is 2. The molecule has 0 bridgehead atoms. The summed E-state index contributed by atoms with van der Waals surface area (Å²) in [4.78, 5) is 0.364. The lowest BCUT2D eigenvalue weighted by Gasteiger charge is -2.41. The highest BCUT2D eigenvalue weighted by Crippen LogP contribution is 2.42. The van der Waals surface area contributed by atoms with Crippen LogP contribution in [0.1, 0.15) is 42.2 Å². The lowest BCUT2D eigenvalue weighted by atomic mass is 9.71. The summed E-state index contributed by atoms with van der Waals surface area (Å²) in [5.74, 6) is -1.09. The standard InChI is InChI=1S/C15H23NO2/c1-16(2)11-13-6-3-4-9-15(13,18)12-7-5-8-14(17)10-12/h5,7-8,10,13,17-18H,3-4,6,9,11H2,1-2H3/t13-,15+/m0/s1/i1D3,2D3,9D2,18D. The van der Waals surface area contributed by atoms with E-state index in [4.69, 9.17) is 17.5 Å². The molecule has 18 heavy (non-hydrogen) atoms. The van der Waals surface area contributed by atoms with Gasteiger partial charge in [0.2, 0.25) is 1.43 Å². The van der Waals surface area contributed by atoms with Crippen molar-refractivity contribution in [3.63, 3.8) is 0 Å². The lowest BCUT2D eigenvalue weighted by molar-refractivity contribution is -0.0619. The molecule has 2 N–H and O–H groups in total. The van der Waals surface area contributed by atoms with Gasteiger partial charge in [-0.3, -0.25) is 0 Å². The second-order valence-corrected chi connectivity index (χ2v) is 4.66. The summed E-state index contributed by atoms with van der Waals surface area (Å²) in [5, 5.41) is 14.8. The third kappa shape index (κ3) is 2.68. The number of rotatable bonds is 4. The molecule has 0 amide bonds. The summed E-state index contributed by atoms with van der Waals surface area (Å²) in [6.45, 7) is -6.37. The van der Waals surface area contributed by atoms with Gasteiger partial charge >= 0.3 is 0 Å². The van der Waals surface area contributed by atoms with Gasteiger partial charge < -0.3 is 15.1 Å². The van der Waals surface area contributed by atoms with Crippen molar-refractivity contribution in [1.82, 2.24) is 4.90 Å². The number of aliphatic hydroxyl groups is 1. The van der Waals surface area contributed by atoms with Gasteiger partial charge in [-0.1, -0.05) is 25.0 Å². The van der Waals surface area contributed by atoms with Crippen LogP contribution in [0, 0.1) is 5.92 Å². The number of phenolic OH excluding ortho intramolecular Hbond substituents is 1. The van der Waals surface area contributed by atoms with Crippen molar-refractivity contribution in [2.45, 2.75) is 31.2 Å². The second kappa shape index (κ2) is 5.29. The van der Waals surface area contributed by atoms with Crippen LogP contribution in [0.5, 0.6) is 5.75 Å². The number of nitrogens with zero attached hydrogens (tertiary/aromatic N) is 1. The van der Waals surface area contributed by atoms with Gasteiger partial charge in [0.1, 0.15) is 5.75 Å². The molecule has 1 aromatic rings. The van der Waals surface area contributed by atoms with Gasteiger partial charge in [0.05, 0.1) is 5.60 Å². The van der Waals surface area contributed by atoms with Crippen LogP contribution in [-0.2, 0) is 5.60 Å². The quantitative estimate of drug-likeness (QED) is 0.871. The Hall–Kier alpha value is -1.06. The molecule has 3 heteroatoms. The minimum Gasteiger partial charge on any atom is -0.508 e. The van der Waals surface area contributed by atoms with E-state index in [2.05, 4.69) is 0 Å². The molecular formula is C15H23NO2. The van der Waals surface area contributed by atoms with Gasteiger partial charge in [0.15, 0.2) is 0 Å². The van der Waals surface area contributed by atoms with Crippen molar-refractivity contribution >= 4 is 0 Å². The maximum absolute atomic E-state index is 9.82. The van der Waals surface area contributed by atoms with Crippen LogP contribution < -0.4 is 0 Å². The van der Waals surface area contributed by atoms with E-state index in [-0.39, 0.29) is 24.2 Å². The molecule has 3 nitrogen and oxygen atoms in total. The molecule has 1 aliphatic carbocycles. The minimum absolute atomic E-state index is 0.0551. The van der Waals surface area contributed by atoms with Crippen molar-refractivity contribution in [2.75, 3.05) is 20.5 Å². The molecule has 0 unspecified atom stereocenters. The Labute approximate surface area is 122 Å². The SMILES string of the molecule is [2H]O[C@]1(c2cccc(O)c2)[C@H](CN(C([2H])([2H])[2H])C([2H])([2H])[2H])CCCC1([2H])[2H]. The molecule has 1 aromatic carbocycles. The van der Waals surface area contributed by atoms with Crippen molar-refractivity contribution in [1.29, 1.82) is 1.43 Å². The Morgan fingerprint density at radius 3 is 3.17 bits per heavy atom. The number of benzene rings is 1. The molecule has 2 rings (SSSR count). The molecule has 0 spiro atoms. The number of hydrogen-bond acceptors (Lipinski definition) is 3. The topological polar surface area (TPSA) is 43.7 Å². The predicted molar refractivity (Wildman–Crippen MR) is 72.5 cm³/mol. The van der Waals surface area contributed by atoms with E-state index in [1.54, 1.807) is 0 Å². The highest BCUT2D eigenvalue weighted by atomic mass is 16.3. The molecule has 100 valence electrons. The summed E-state index contributed by atoms with van der Waals surface area (Å²) in [6.07, 6.45) is -1.35. The van der Waals surface area contributed by atoms with Gasteiger partial charge in [0.25, 0.3) is 0 Å². The van der Waals surface area contributed by atoms with Crippen molar-refractivity contribution in [3.05, 3.63) is 29.8 Å². The Morgan fingerprint density at radius 1 is 1.56 bits per heavy atom. The molecule has 0 heterocycles. The summed E-state index contributed by atoms with van der Waals surface area (Å²) < 4.78 is 70.0.